The zero-order valence-electron chi connectivity index (χ0n) is 8.60. The first-order chi connectivity index (χ1) is 7.67. The molecule has 0 saturated carbocycles. The van der Waals surface area contributed by atoms with E-state index in [-0.39, 0.29) is 5.88 Å². The molecule has 1 amide bonds. The fourth-order valence-corrected chi connectivity index (χ4v) is 1.83. The van der Waals surface area contributed by atoms with Crippen LogP contribution in [0.3, 0.4) is 0 Å². The van der Waals surface area contributed by atoms with Gasteiger partial charge in [-0.2, -0.15) is 0 Å². The molecule has 1 atom stereocenters. The number of carbonyl (C=O) groups is 2. The number of hydrogen-bond donors (Lipinski definition) is 1. The second-order valence-corrected chi connectivity index (χ2v) is 4.19. The zero-order chi connectivity index (χ0) is 12.0. The first kappa shape index (κ1) is 12.9. The van der Waals surface area contributed by atoms with Crippen LogP contribution in [0, 0.1) is 0 Å². The van der Waals surface area contributed by atoms with Crippen LogP contribution in [0.4, 0.5) is 0 Å². The van der Waals surface area contributed by atoms with Gasteiger partial charge in [0.2, 0.25) is 5.91 Å². The number of rotatable bonds is 5. The number of hydrogen-bond acceptors (Lipinski definition) is 5. The lowest BCUT2D eigenvalue weighted by atomic mass is 10.2. The molecule has 0 aromatic carbocycles. The number of alkyl halides is 1. The van der Waals surface area contributed by atoms with E-state index in [4.69, 9.17) is 11.6 Å². The minimum Gasteiger partial charge on any atom is -0.467 e. The van der Waals surface area contributed by atoms with Crippen LogP contribution in [0.5, 0.6) is 0 Å². The molecule has 0 radical (unpaired) electrons. The van der Waals surface area contributed by atoms with Gasteiger partial charge in [-0.15, -0.1) is 22.9 Å². The minimum absolute atomic E-state index is 0.184. The number of amides is 1. The third-order valence-corrected chi connectivity index (χ3v) is 2.88. The molecule has 0 bridgehead atoms. The highest BCUT2D eigenvalue weighted by molar-refractivity contribution is 7.09. The standard InChI is InChI=1S/C9H11ClN2O3S/c1-15-9(14)7(12-8(13)3-10)2-6-4-11-5-16-6/h4-5,7H,2-3H2,1H3,(H,12,13). The topological polar surface area (TPSA) is 68.3 Å². The summed E-state index contributed by atoms with van der Waals surface area (Å²) in [5.74, 6) is -1.08. The normalized spacial score (nSPS) is 11.9. The summed E-state index contributed by atoms with van der Waals surface area (Å²) in [6.07, 6.45) is 2.01. The molecule has 0 aliphatic heterocycles. The van der Waals surface area contributed by atoms with Gasteiger partial charge in [0, 0.05) is 17.5 Å². The lowest BCUT2D eigenvalue weighted by molar-refractivity contribution is -0.144. The number of esters is 1. The molecule has 1 rings (SSSR count). The summed E-state index contributed by atoms with van der Waals surface area (Å²) in [5.41, 5.74) is 1.66. The average Bonchev–Trinajstić information content (AvgIpc) is 2.79. The van der Waals surface area contributed by atoms with Gasteiger partial charge in [-0.05, 0) is 0 Å². The van der Waals surface area contributed by atoms with Crippen molar-refractivity contribution in [2.75, 3.05) is 13.0 Å². The van der Waals surface area contributed by atoms with E-state index in [1.54, 1.807) is 11.7 Å². The SMILES string of the molecule is COC(=O)C(Cc1cncs1)NC(=O)CCl. The van der Waals surface area contributed by atoms with Gasteiger partial charge in [-0.1, -0.05) is 0 Å². The Kier molecular flexibility index (Phi) is 5.21. The molecule has 1 aromatic heterocycles. The fourth-order valence-electron chi connectivity index (χ4n) is 1.11. The molecule has 0 aliphatic rings. The lowest BCUT2D eigenvalue weighted by Gasteiger charge is -2.14. The van der Waals surface area contributed by atoms with Gasteiger partial charge >= 0.3 is 5.97 Å². The van der Waals surface area contributed by atoms with Crippen LogP contribution >= 0.6 is 22.9 Å². The maximum atomic E-state index is 11.4. The predicted octanol–water partition coefficient (Wildman–Crippen LogP) is 0.582. The molecule has 88 valence electrons. The number of aromatic nitrogens is 1. The Hall–Kier alpha value is -1.14. The lowest BCUT2D eigenvalue weighted by Crippen LogP contribution is -2.43. The van der Waals surface area contributed by atoms with Gasteiger partial charge in [0.15, 0.2) is 0 Å². The summed E-state index contributed by atoms with van der Waals surface area (Å²) in [5, 5.41) is 2.49. The molecular formula is C9H11ClN2O3S. The molecule has 5 nitrogen and oxygen atoms in total. The summed E-state index contributed by atoms with van der Waals surface area (Å²) < 4.78 is 4.59. The van der Waals surface area contributed by atoms with E-state index in [1.165, 1.54) is 18.4 Å². The first-order valence-corrected chi connectivity index (χ1v) is 5.89. The number of methoxy groups -OCH3 is 1. The quantitative estimate of drug-likeness (QED) is 0.623. The minimum atomic E-state index is -0.711. The van der Waals surface area contributed by atoms with Crippen LogP contribution in [0.25, 0.3) is 0 Å². The number of nitrogens with zero attached hydrogens (tertiary/aromatic N) is 1. The van der Waals surface area contributed by atoms with Gasteiger partial charge < -0.3 is 10.1 Å². The van der Waals surface area contributed by atoms with Crippen molar-refractivity contribution in [3.63, 3.8) is 0 Å². The van der Waals surface area contributed by atoms with E-state index in [0.717, 1.165) is 4.88 Å². The van der Waals surface area contributed by atoms with Crippen molar-refractivity contribution in [2.24, 2.45) is 0 Å². The van der Waals surface area contributed by atoms with Crippen molar-refractivity contribution in [1.29, 1.82) is 0 Å². The summed E-state index contributed by atoms with van der Waals surface area (Å²) in [6, 6.07) is -0.711. The van der Waals surface area contributed by atoms with E-state index in [9.17, 15) is 9.59 Å². The summed E-state index contributed by atoms with van der Waals surface area (Å²) in [6.45, 7) is 0. The Balaban J connectivity index is 2.64. The van der Waals surface area contributed by atoms with Crippen molar-refractivity contribution < 1.29 is 14.3 Å². The van der Waals surface area contributed by atoms with Crippen LogP contribution in [0.1, 0.15) is 4.88 Å². The summed E-state index contributed by atoms with van der Waals surface area (Å²) in [4.78, 5) is 27.3. The molecule has 0 saturated heterocycles. The Labute approximate surface area is 102 Å². The Morgan fingerprint density at radius 1 is 1.69 bits per heavy atom. The van der Waals surface area contributed by atoms with Crippen LogP contribution in [0.15, 0.2) is 11.7 Å². The number of nitrogens with one attached hydrogen (secondary N) is 1. The number of ether oxygens (including phenoxy) is 1. The zero-order valence-corrected chi connectivity index (χ0v) is 10.2. The molecule has 1 unspecified atom stereocenters. The van der Waals surface area contributed by atoms with Crippen LogP contribution < -0.4 is 5.32 Å². The Bertz CT molecular complexity index is 356. The Morgan fingerprint density at radius 3 is 2.94 bits per heavy atom. The molecular weight excluding hydrogens is 252 g/mol. The third kappa shape index (κ3) is 3.79. The van der Waals surface area contributed by atoms with Crippen molar-refractivity contribution in [3.8, 4) is 0 Å². The average molecular weight is 263 g/mol. The largest absolute Gasteiger partial charge is 0.467 e. The van der Waals surface area contributed by atoms with Crippen LogP contribution in [-0.4, -0.2) is 35.9 Å². The highest BCUT2D eigenvalue weighted by atomic mass is 35.5. The molecule has 0 aliphatic carbocycles. The fraction of sp³-hybridized carbons (Fsp3) is 0.444. The number of halogens is 1. The molecule has 1 N–H and O–H groups in total. The second kappa shape index (κ2) is 6.44. The van der Waals surface area contributed by atoms with E-state index >= 15 is 0 Å². The van der Waals surface area contributed by atoms with E-state index < -0.39 is 17.9 Å². The Morgan fingerprint density at radius 2 is 2.44 bits per heavy atom. The molecule has 0 spiro atoms. The number of thiazole rings is 1. The highest BCUT2D eigenvalue weighted by Crippen LogP contribution is 2.09. The monoisotopic (exact) mass is 262 g/mol. The summed E-state index contributed by atoms with van der Waals surface area (Å²) in [7, 11) is 1.27. The molecule has 7 heteroatoms. The maximum absolute atomic E-state index is 11.4. The van der Waals surface area contributed by atoms with Gasteiger partial charge in [0.1, 0.15) is 11.9 Å². The third-order valence-electron chi connectivity index (χ3n) is 1.83. The second-order valence-electron chi connectivity index (χ2n) is 2.95. The van der Waals surface area contributed by atoms with Gasteiger partial charge in [0.25, 0.3) is 0 Å². The molecule has 16 heavy (non-hydrogen) atoms. The smallest absolute Gasteiger partial charge is 0.328 e. The first-order valence-electron chi connectivity index (χ1n) is 4.48. The van der Waals surface area contributed by atoms with E-state index in [0.29, 0.717) is 6.42 Å². The van der Waals surface area contributed by atoms with Gasteiger partial charge in [0.05, 0.1) is 12.6 Å². The van der Waals surface area contributed by atoms with E-state index in [1.807, 2.05) is 0 Å². The van der Waals surface area contributed by atoms with Crippen molar-refractivity contribution in [3.05, 3.63) is 16.6 Å². The van der Waals surface area contributed by atoms with E-state index in [2.05, 4.69) is 15.0 Å². The summed E-state index contributed by atoms with van der Waals surface area (Å²) >= 11 is 6.76. The van der Waals surface area contributed by atoms with Crippen LogP contribution in [0.2, 0.25) is 0 Å². The highest BCUT2D eigenvalue weighted by Gasteiger charge is 2.21. The molecule has 1 heterocycles. The van der Waals surface area contributed by atoms with Crippen molar-refractivity contribution in [1.82, 2.24) is 10.3 Å². The molecule has 0 fully saturated rings. The number of carbonyl (C=O) groups excluding carboxylic acids is 2. The van der Waals surface area contributed by atoms with Crippen molar-refractivity contribution in [2.45, 2.75) is 12.5 Å². The molecule has 1 aromatic rings. The van der Waals surface area contributed by atoms with Gasteiger partial charge in [-0.3, -0.25) is 9.78 Å². The maximum Gasteiger partial charge on any atom is 0.328 e. The van der Waals surface area contributed by atoms with Gasteiger partial charge in [-0.25, -0.2) is 4.79 Å². The van der Waals surface area contributed by atoms with Crippen molar-refractivity contribution >= 4 is 34.8 Å². The van der Waals surface area contributed by atoms with Crippen LogP contribution in [-0.2, 0) is 20.7 Å². The predicted molar refractivity (Wildman–Crippen MR) is 60.5 cm³/mol.